The van der Waals surface area contributed by atoms with Gasteiger partial charge in [0, 0.05) is 27.8 Å². The van der Waals surface area contributed by atoms with Gasteiger partial charge in [-0.3, -0.25) is 0 Å². The largest absolute Gasteiger partial charge is 0.355 e. The summed E-state index contributed by atoms with van der Waals surface area (Å²) in [5, 5.41) is 6.14. The van der Waals surface area contributed by atoms with E-state index in [1.165, 1.54) is 40.2 Å². The molecule has 2 nitrogen and oxygen atoms in total. The number of fused-ring (bicyclic) bond motifs is 3. The Morgan fingerprint density at radius 1 is 1.05 bits per heavy atom. The Kier molecular flexibility index (Phi) is 3.98. The Morgan fingerprint density at radius 3 is 2.57 bits per heavy atom. The molecular formula is C19H24N2. The summed E-state index contributed by atoms with van der Waals surface area (Å²) in [7, 11) is 2.07. The van der Waals surface area contributed by atoms with Gasteiger partial charge in [0.05, 0.1) is 0 Å². The van der Waals surface area contributed by atoms with E-state index in [1.807, 2.05) is 0 Å². The van der Waals surface area contributed by atoms with Crippen LogP contribution in [0.1, 0.15) is 38.3 Å². The predicted octanol–water partition coefficient (Wildman–Crippen LogP) is 5.02. The van der Waals surface area contributed by atoms with Crippen molar-refractivity contribution in [3.8, 4) is 0 Å². The molecule has 3 aromatic rings. The van der Waals surface area contributed by atoms with E-state index < -0.39 is 0 Å². The first-order chi connectivity index (χ1) is 10.2. The lowest BCUT2D eigenvalue weighted by atomic mass is 9.90. The molecule has 0 aliphatic carbocycles. The van der Waals surface area contributed by atoms with Crippen LogP contribution < -0.4 is 5.32 Å². The molecule has 0 amide bonds. The maximum atomic E-state index is 3.50. The molecule has 2 atom stereocenters. The summed E-state index contributed by atoms with van der Waals surface area (Å²) in [6.45, 7) is 4.59. The Morgan fingerprint density at radius 2 is 1.81 bits per heavy atom. The summed E-state index contributed by atoms with van der Waals surface area (Å²) in [5.41, 5.74) is 3.82. The van der Waals surface area contributed by atoms with Gasteiger partial charge in [-0.2, -0.15) is 0 Å². The summed E-state index contributed by atoms with van der Waals surface area (Å²) < 4.78 is 0. The van der Waals surface area contributed by atoms with Gasteiger partial charge in [-0.05, 0) is 43.1 Å². The summed E-state index contributed by atoms with van der Waals surface area (Å²) in [5.74, 6) is 0.641. The minimum atomic E-state index is 0.419. The van der Waals surface area contributed by atoms with Crippen molar-refractivity contribution in [3.05, 3.63) is 48.0 Å². The number of H-pyrrole nitrogens is 1. The van der Waals surface area contributed by atoms with Crippen molar-refractivity contribution >= 4 is 21.8 Å². The molecule has 0 fully saturated rings. The number of para-hydroxylation sites is 1. The van der Waals surface area contributed by atoms with Crippen molar-refractivity contribution in [2.75, 3.05) is 7.05 Å². The van der Waals surface area contributed by atoms with Gasteiger partial charge in [0.15, 0.2) is 0 Å². The van der Waals surface area contributed by atoms with Crippen LogP contribution >= 0.6 is 0 Å². The third kappa shape index (κ3) is 2.56. The number of aromatic amines is 1. The second-order valence-corrected chi connectivity index (χ2v) is 6.01. The number of aromatic nitrogens is 1. The molecule has 0 aliphatic rings. The van der Waals surface area contributed by atoms with E-state index in [-0.39, 0.29) is 0 Å². The molecule has 0 radical (unpaired) electrons. The van der Waals surface area contributed by atoms with Crippen LogP contribution in [-0.2, 0) is 0 Å². The Balaban J connectivity index is 2.08. The molecule has 2 heteroatoms. The number of rotatable bonds is 5. The minimum absolute atomic E-state index is 0.419. The first-order valence-electron chi connectivity index (χ1n) is 7.92. The summed E-state index contributed by atoms with van der Waals surface area (Å²) in [6.07, 6.45) is 2.48. The van der Waals surface area contributed by atoms with E-state index in [2.05, 4.69) is 73.7 Å². The third-order valence-corrected chi connectivity index (χ3v) is 4.51. The molecule has 0 bridgehead atoms. The lowest BCUT2D eigenvalue weighted by Gasteiger charge is -2.24. The van der Waals surface area contributed by atoms with Crippen LogP contribution in [0.3, 0.4) is 0 Å². The first kappa shape index (κ1) is 14.2. The van der Waals surface area contributed by atoms with E-state index in [4.69, 9.17) is 0 Å². The average Bonchev–Trinajstić information content (AvgIpc) is 2.86. The quantitative estimate of drug-likeness (QED) is 0.675. The van der Waals surface area contributed by atoms with Crippen LogP contribution in [-0.4, -0.2) is 12.0 Å². The number of hydrogen-bond donors (Lipinski definition) is 2. The Bertz CT molecular complexity index is 741. The maximum absolute atomic E-state index is 3.50. The molecular weight excluding hydrogens is 256 g/mol. The van der Waals surface area contributed by atoms with Crippen molar-refractivity contribution < 1.29 is 0 Å². The molecule has 3 rings (SSSR count). The molecule has 0 aliphatic heterocycles. The van der Waals surface area contributed by atoms with Gasteiger partial charge in [0.1, 0.15) is 0 Å². The predicted molar refractivity (Wildman–Crippen MR) is 91.7 cm³/mol. The molecule has 0 saturated heterocycles. The Labute approximate surface area is 126 Å². The van der Waals surface area contributed by atoms with Gasteiger partial charge in [-0.25, -0.2) is 0 Å². The second-order valence-electron chi connectivity index (χ2n) is 6.01. The molecule has 21 heavy (non-hydrogen) atoms. The van der Waals surface area contributed by atoms with Crippen molar-refractivity contribution in [1.82, 2.24) is 10.3 Å². The zero-order valence-electron chi connectivity index (χ0n) is 13.1. The summed E-state index contributed by atoms with van der Waals surface area (Å²) in [4.78, 5) is 3.50. The fraction of sp³-hybridized carbons (Fsp3) is 0.368. The number of hydrogen-bond acceptors (Lipinski definition) is 1. The monoisotopic (exact) mass is 280 g/mol. The van der Waals surface area contributed by atoms with Crippen molar-refractivity contribution in [2.24, 2.45) is 5.92 Å². The van der Waals surface area contributed by atoms with Crippen LogP contribution in [0.2, 0.25) is 0 Å². The number of nitrogens with one attached hydrogen (secondary N) is 2. The van der Waals surface area contributed by atoms with Crippen LogP contribution in [0.15, 0.2) is 42.5 Å². The van der Waals surface area contributed by atoms with E-state index in [9.17, 15) is 0 Å². The van der Waals surface area contributed by atoms with Crippen LogP contribution in [0, 0.1) is 5.92 Å². The highest BCUT2D eigenvalue weighted by molar-refractivity contribution is 6.07. The minimum Gasteiger partial charge on any atom is -0.355 e. The lowest BCUT2D eigenvalue weighted by Crippen LogP contribution is -2.23. The molecule has 2 N–H and O–H groups in total. The first-order valence-corrected chi connectivity index (χ1v) is 7.92. The molecule has 0 spiro atoms. The van der Waals surface area contributed by atoms with Crippen molar-refractivity contribution in [1.29, 1.82) is 0 Å². The zero-order chi connectivity index (χ0) is 14.8. The maximum Gasteiger partial charge on any atom is 0.0465 e. The summed E-state index contributed by atoms with van der Waals surface area (Å²) >= 11 is 0. The van der Waals surface area contributed by atoms with Crippen molar-refractivity contribution in [3.63, 3.8) is 0 Å². The third-order valence-electron chi connectivity index (χ3n) is 4.51. The van der Waals surface area contributed by atoms with Crippen LogP contribution in [0.4, 0.5) is 0 Å². The van der Waals surface area contributed by atoms with Gasteiger partial charge in [0.2, 0.25) is 0 Å². The molecule has 1 aromatic heterocycles. The lowest BCUT2D eigenvalue weighted by molar-refractivity contribution is 0.384. The van der Waals surface area contributed by atoms with Gasteiger partial charge < -0.3 is 10.3 Å². The van der Waals surface area contributed by atoms with E-state index in [1.54, 1.807) is 0 Å². The molecule has 2 unspecified atom stereocenters. The SMILES string of the molecule is CCCC(C)C(NC)c1ccc2[nH]c3ccccc3c2c1. The van der Waals surface area contributed by atoms with E-state index in [0.717, 1.165) is 0 Å². The second kappa shape index (κ2) is 5.90. The van der Waals surface area contributed by atoms with Gasteiger partial charge in [-0.15, -0.1) is 0 Å². The fourth-order valence-electron chi connectivity index (χ4n) is 3.46. The fourth-order valence-corrected chi connectivity index (χ4v) is 3.46. The highest BCUT2D eigenvalue weighted by atomic mass is 14.9. The molecule has 0 saturated carbocycles. The molecule has 110 valence electrons. The van der Waals surface area contributed by atoms with Gasteiger partial charge in [-0.1, -0.05) is 44.5 Å². The zero-order valence-corrected chi connectivity index (χ0v) is 13.1. The molecule has 1 heterocycles. The highest BCUT2D eigenvalue weighted by Gasteiger charge is 2.17. The van der Waals surface area contributed by atoms with Crippen LogP contribution in [0.25, 0.3) is 21.8 Å². The van der Waals surface area contributed by atoms with Crippen molar-refractivity contribution in [2.45, 2.75) is 32.7 Å². The normalized spacial score (nSPS) is 14.6. The summed E-state index contributed by atoms with van der Waals surface area (Å²) in [6, 6.07) is 15.8. The number of benzene rings is 2. The molecule has 2 aromatic carbocycles. The van der Waals surface area contributed by atoms with E-state index in [0.29, 0.717) is 12.0 Å². The van der Waals surface area contributed by atoms with Gasteiger partial charge >= 0.3 is 0 Å². The average molecular weight is 280 g/mol. The van der Waals surface area contributed by atoms with Crippen LogP contribution in [0.5, 0.6) is 0 Å². The smallest absolute Gasteiger partial charge is 0.0465 e. The standard InChI is InChI=1S/C19H24N2/c1-4-7-13(2)19(20-3)14-10-11-18-16(12-14)15-8-5-6-9-17(15)21-18/h5-6,8-13,19-21H,4,7H2,1-3H3. The van der Waals surface area contributed by atoms with E-state index >= 15 is 0 Å². The highest BCUT2D eigenvalue weighted by Crippen LogP contribution is 2.31. The Hall–Kier alpha value is -1.80. The van der Waals surface area contributed by atoms with Gasteiger partial charge in [0.25, 0.3) is 0 Å². The topological polar surface area (TPSA) is 27.8 Å².